The highest BCUT2D eigenvalue weighted by molar-refractivity contribution is 5.91. The maximum absolute atomic E-state index is 13.0. The largest absolute Gasteiger partial charge is 0.416 e. The molecule has 3 aromatic rings. The van der Waals surface area contributed by atoms with Gasteiger partial charge in [0.15, 0.2) is 0 Å². The van der Waals surface area contributed by atoms with Crippen LogP contribution in [0.25, 0.3) is 17.1 Å². The van der Waals surface area contributed by atoms with Gasteiger partial charge in [0.1, 0.15) is 11.6 Å². The number of halogens is 4. The van der Waals surface area contributed by atoms with Gasteiger partial charge in [0.25, 0.3) is 0 Å². The molecule has 0 spiro atoms. The molecule has 0 atom stereocenters. The highest BCUT2D eigenvalue weighted by Crippen LogP contribution is 2.34. The molecule has 0 radical (unpaired) electrons. The number of fused-ring (bicyclic) bond motifs is 1. The van der Waals surface area contributed by atoms with Crippen molar-refractivity contribution >= 4 is 23.0 Å². The van der Waals surface area contributed by atoms with Crippen molar-refractivity contribution in [2.75, 3.05) is 13.1 Å². The average Bonchev–Trinajstić information content (AvgIpc) is 3.07. The van der Waals surface area contributed by atoms with Crippen LogP contribution >= 0.6 is 0 Å². The van der Waals surface area contributed by atoms with Crippen molar-refractivity contribution in [3.63, 3.8) is 0 Å². The highest BCUT2D eigenvalue weighted by atomic mass is 19.4. The van der Waals surface area contributed by atoms with E-state index in [1.165, 1.54) is 24.3 Å². The second-order valence-electron chi connectivity index (χ2n) is 7.67. The quantitative estimate of drug-likeness (QED) is 0.413. The molecule has 8 heteroatoms. The van der Waals surface area contributed by atoms with Crippen molar-refractivity contribution in [1.29, 1.82) is 0 Å². The molecule has 1 aliphatic rings. The fraction of sp³-hybridized carbons (Fsp3) is 0.304. The Balaban J connectivity index is 1.45. The van der Waals surface area contributed by atoms with Crippen LogP contribution in [0.4, 0.5) is 17.6 Å². The Bertz CT molecular complexity index is 1120. The van der Waals surface area contributed by atoms with Crippen molar-refractivity contribution in [1.82, 2.24) is 14.5 Å². The van der Waals surface area contributed by atoms with Gasteiger partial charge in [-0.25, -0.2) is 9.37 Å². The Labute approximate surface area is 176 Å². The smallest absolute Gasteiger partial charge is 0.339 e. The van der Waals surface area contributed by atoms with Crippen molar-refractivity contribution in [3.05, 3.63) is 71.3 Å². The molecule has 0 N–H and O–H groups in total. The van der Waals surface area contributed by atoms with Gasteiger partial charge in [-0.1, -0.05) is 12.1 Å². The maximum Gasteiger partial charge on any atom is 0.416 e. The van der Waals surface area contributed by atoms with E-state index in [2.05, 4.69) is 4.98 Å². The molecule has 162 valence electrons. The van der Waals surface area contributed by atoms with Gasteiger partial charge < -0.3 is 9.47 Å². The average molecular weight is 431 g/mol. The monoisotopic (exact) mass is 431 g/mol. The molecule has 4 rings (SSSR count). The van der Waals surface area contributed by atoms with E-state index in [0.29, 0.717) is 42.8 Å². The maximum atomic E-state index is 13.0. The molecule has 0 unspecified atom stereocenters. The summed E-state index contributed by atoms with van der Waals surface area (Å²) in [4.78, 5) is 18.6. The molecule has 0 aliphatic carbocycles. The van der Waals surface area contributed by atoms with E-state index >= 15 is 0 Å². The summed E-state index contributed by atoms with van der Waals surface area (Å²) in [5, 5.41) is 0. The third kappa shape index (κ3) is 4.47. The summed E-state index contributed by atoms with van der Waals surface area (Å²) < 4.78 is 53.9. The molecule has 1 amide bonds. The lowest BCUT2D eigenvalue weighted by Gasteiger charge is -2.33. The van der Waals surface area contributed by atoms with Gasteiger partial charge in [0.05, 0.1) is 16.6 Å². The minimum Gasteiger partial charge on any atom is -0.339 e. The number of nitrogens with zero attached hydrogens (tertiary/aromatic N) is 3. The zero-order chi connectivity index (χ0) is 22.2. The standard InChI is InChI=1S/C23H21F4N3O/c1-15-28-20-14-17(23(25,26)27)5-8-21(20)30(15)19-10-12-29(13-11-19)22(31)9-4-16-2-6-18(24)7-3-16/h2-9,14,19H,10-13H2,1H3. The van der Waals surface area contributed by atoms with Crippen LogP contribution in [-0.4, -0.2) is 33.4 Å². The minimum absolute atomic E-state index is 0.0619. The van der Waals surface area contributed by atoms with Crippen LogP contribution < -0.4 is 0 Å². The highest BCUT2D eigenvalue weighted by Gasteiger charge is 2.31. The number of carbonyl (C=O) groups is 1. The molecular formula is C23H21F4N3O. The molecule has 0 saturated carbocycles. The lowest BCUT2D eigenvalue weighted by Crippen LogP contribution is -2.38. The fourth-order valence-electron chi connectivity index (χ4n) is 4.05. The fourth-order valence-corrected chi connectivity index (χ4v) is 4.05. The van der Waals surface area contributed by atoms with Crippen molar-refractivity contribution in [2.45, 2.75) is 32.0 Å². The van der Waals surface area contributed by atoms with Gasteiger partial charge in [-0.15, -0.1) is 0 Å². The van der Waals surface area contributed by atoms with Crippen LogP contribution in [0.5, 0.6) is 0 Å². The Morgan fingerprint density at radius 3 is 2.42 bits per heavy atom. The van der Waals surface area contributed by atoms with E-state index in [-0.39, 0.29) is 17.8 Å². The first-order valence-corrected chi connectivity index (χ1v) is 10.0. The normalized spacial score (nSPS) is 15.8. The molecule has 1 aliphatic heterocycles. The number of benzene rings is 2. The minimum atomic E-state index is -4.40. The first-order chi connectivity index (χ1) is 14.7. The van der Waals surface area contributed by atoms with Crippen LogP contribution in [0.3, 0.4) is 0 Å². The van der Waals surface area contributed by atoms with Gasteiger partial charge in [-0.2, -0.15) is 13.2 Å². The number of rotatable bonds is 3. The van der Waals surface area contributed by atoms with Gasteiger partial charge in [0.2, 0.25) is 5.91 Å². The number of aryl methyl sites for hydroxylation is 1. The number of hydrogen-bond acceptors (Lipinski definition) is 2. The lowest BCUT2D eigenvalue weighted by atomic mass is 10.0. The van der Waals surface area contributed by atoms with Crippen LogP contribution in [0, 0.1) is 12.7 Å². The van der Waals surface area contributed by atoms with E-state index in [9.17, 15) is 22.4 Å². The third-order valence-electron chi connectivity index (χ3n) is 5.62. The van der Waals surface area contributed by atoms with E-state index in [0.717, 1.165) is 17.7 Å². The molecule has 31 heavy (non-hydrogen) atoms. The molecule has 0 bridgehead atoms. The molecular weight excluding hydrogens is 410 g/mol. The SMILES string of the molecule is Cc1nc2cc(C(F)(F)F)ccc2n1C1CCN(C(=O)C=Cc2ccc(F)cc2)CC1. The summed E-state index contributed by atoms with van der Waals surface area (Å²) in [6.07, 6.45) is 0.0929. The number of piperidine rings is 1. The summed E-state index contributed by atoms with van der Waals surface area (Å²) in [6.45, 7) is 2.87. The van der Waals surface area contributed by atoms with Gasteiger partial charge in [-0.05, 0) is 61.7 Å². The number of aromatic nitrogens is 2. The Hall–Kier alpha value is -3.16. The van der Waals surface area contributed by atoms with Crippen LogP contribution in [0.1, 0.15) is 35.8 Å². The molecule has 4 nitrogen and oxygen atoms in total. The summed E-state index contributed by atoms with van der Waals surface area (Å²) in [6, 6.07) is 9.57. The van der Waals surface area contributed by atoms with E-state index in [4.69, 9.17) is 0 Å². The number of carbonyl (C=O) groups excluding carboxylic acids is 1. The number of likely N-dealkylation sites (tertiary alicyclic amines) is 1. The molecule has 2 aromatic carbocycles. The summed E-state index contributed by atoms with van der Waals surface area (Å²) in [7, 11) is 0. The Morgan fingerprint density at radius 1 is 1.10 bits per heavy atom. The van der Waals surface area contributed by atoms with Gasteiger partial charge in [0, 0.05) is 25.2 Å². The molecule has 1 saturated heterocycles. The predicted molar refractivity (Wildman–Crippen MR) is 110 cm³/mol. The summed E-state index contributed by atoms with van der Waals surface area (Å²) in [5.74, 6) is 0.211. The number of amides is 1. The lowest BCUT2D eigenvalue weighted by molar-refractivity contribution is -0.137. The zero-order valence-electron chi connectivity index (χ0n) is 16.9. The Kier molecular flexibility index (Phi) is 5.56. The number of hydrogen-bond donors (Lipinski definition) is 0. The van der Waals surface area contributed by atoms with Gasteiger partial charge in [-0.3, -0.25) is 4.79 Å². The summed E-state index contributed by atoms with van der Waals surface area (Å²) in [5.41, 5.74) is 1.03. The molecule has 2 heterocycles. The van der Waals surface area contributed by atoms with Crippen molar-refractivity contribution < 1.29 is 22.4 Å². The summed E-state index contributed by atoms with van der Waals surface area (Å²) >= 11 is 0. The third-order valence-corrected chi connectivity index (χ3v) is 5.62. The van der Waals surface area contributed by atoms with Crippen molar-refractivity contribution in [2.24, 2.45) is 0 Å². The molecule has 1 aromatic heterocycles. The van der Waals surface area contributed by atoms with Crippen LogP contribution in [0.15, 0.2) is 48.5 Å². The second-order valence-corrected chi connectivity index (χ2v) is 7.67. The van der Waals surface area contributed by atoms with E-state index in [1.807, 2.05) is 4.57 Å². The second kappa shape index (κ2) is 8.17. The predicted octanol–water partition coefficient (Wildman–Crippen LogP) is 5.38. The molecule has 1 fully saturated rings. The number of imidazole rings is 1. The van der Waals surface area contributed by atoms with E-state index < -0.39 is 11.7 Å². The topological polar surface area (TPSA) is 38.1 Å². The number of alkyl halides is 3. The van der Waals surface area contributed by atoms with Crippen molar-refractivity contribution in [3.8, 4) is 0 Å². The van der Waals surface area contributed by atoms with Crippen LogP contribution in [-0.2, 0) is 11.0 Å². The first kappa shape index (κ1) is 21.1. The van der Waals surface area contributed by atoms with Gasteiger partial charge >= 0.3 is 6.18 Å². The van der Waals surface area contributed by atoms with E-state index in [1.54, 1.807) is 30.0 Å². The zero-order valence-corrected chi connectivity index (χ0v) is 16.9. The van der Waals surface area contributed by atoms with Crippen LogP contribution in [0.2, 0.25) is 0 Å². The Morgan fingerprint density at radius 2 is 1.77 bits per heavy atom. The first-order valence-electron chi connectivity index (χ1n) is 10.0.